The lowest BCUT2D eigenvalue weighted by Crippen LogP contribution is -2.12. The molecule has 5 heteroatoms. The number of rotatable bonds is 2. The largest absolute Gasteiger partial charge is 0.425 e. The molecule has 20 heavy (non-hydrogen) atoms. The number of fused-ring (bicyclic) bond motifs is 1. The molecular weight excluding hydrogens is 256 g/mol. The molecule has 1 heterocycles. The van der Waals surface area contributed by atoms with Crippen LogP contribution in [0.2, 0.25) is 0 Å². The lowest BCUT2D eigenvalue weighted by atomic mass is 10.1. The van der Waals surface area contributed by atoms with Crippen molar-refractivity contribution in [2.24, 2.45) is 0 Å². The average Bonchev–Trinajstić information content (AvgIpc) is 2.83. The van der Waals surface area contributed by atoms with Gasteiger partial charge in [-0.1, -0.05) is 24.3 Å². The smallest absolute Gasteiger partial charge is 0.348 e. The van der Waals surface area contributed by atoms with Gasteiger partial charge in [-0.3, -0.25) is 0 Å². The first-order chi connectivity index (χ1) is 9.65. The van der Waals surface area contributed by atoms with Crippen LogP contribution in [0.5, 0.6) is 5.95 Å². The molecule has 0 radical (unpaired) electrons. The molecule has 3 aromatic rings. The zero-order chi connectivity index (χ0) is 14.1. The Bertz CT molecular complexity index is 760. The van der Waals surface area contributed by atoms with Crippen molar-refractivity contribution in [3.63, 3.8) is 0 Å². The maximum Gasteiger partial charge on any atom is 0.348 e. The number of anilines is 2. The molecule has 0 saturated carbocycles. The van der Waals surface area contributed by atoms with E-state index in [4.69, 9.17) is 20.6 Å². The molecule has 0 aliphatic rings. The number of carbonyl (C=O) groups is 1. The minimum absolute atomic E-state index is 0.123. The second kappa shape index (κ2) is 4.62. The molecule has 0 amide bonds. The van der Waals surface area contributed by atoms with E-state index in [1.165, 1.54) is 0 Å². The summed E-state index contributed by atoms with van der Waals surface area (Å²) in [5.74, 6) is -0.480. The standard InChI is InChI=1S/C15H12N2O3/c16-11-6-3-5-10(14(11)17)15(18)20-13-8-9-4-1-2-7-12(9)19-13/h1-8H,16-17H2. The fraction of sp³-hybridized carbons (Fsp3) is 0. The maximum absolute atomic E-state index is 12.0. The Hall–Kier alpha value is -2.95. The third kappa shape index (κ3) is 2.05. The molecule has 0 spiro atoms. The Morgan fingerprint density at radius 2 is 1.85 bits per heavy atom. The monoisotopic (exact) mass is 268 g/mol. The molecule has 1 aromatic heterocycles. The van der Waals surface area contributed by atoms with Gasteiger partial charge in [0.2, 0.25) is 0 Å². The topological polar surface area (TPSA) is 91.5 Å². The van der Waals surface area contributed by atoms with E-state index in [1.807, 2.05) is 18.2 Å². The number of hydrogen-bond acceptors (Lipinski definition) is 5. The van der Waals surface area contributed by atoms with Crippen LogP contribution >= 0.6 is 0 Å². The van der Waals surface area contributed by atoms with Crippen molar-refractivity contribution >= 4 is 28.3 Å². The zero-order valence-electron chi connectivity index (χ0n) is 10.5. The molecule has 5 nitrogen and oxygen atoms in total. The first-order valence-electron chi connectivity index (χ1n) is 6.00. The summed E-state index contributed by atoms with van der Waals surface area (Å²) < 4.78 is 10.6. The second-order valence-corrected chi connectivity index (χ2v) is 4.30. The van der Waals surface area contributed by atoms with Gasteiger partial charge in [0.15, 0.2) is 0 Å². The summed E-state index contributed by atoms with van der Waals surface area (Å²) in [5.41, 5.74) is 12.8. The van der Waals surface area contributed by atoms with Crippen LogP contribution in [0.3, 0.4) is 0 Å². The predicted molar refractivity (Wildman–Crippen MR) is 76.4 cm³/mol. The number of ether oxygens (including phenoxy) is 1. The zero-order valence-corrected chi connectivity index (χ0v) is 10.5. The quantitative estimate of drug-likeness (QED) is 0.550. The predicted octanol–water partition coefficient (Wildman–Crippen LogP) is 2.82. The van der Waals surface area contributed by atoms with Crippen LogP contribution in [0.1, 0.15) is 10.4 Å². The highest BCUT2D eigenvalue weighted by Crippen LogP contribution is 2.26. The third-order valence-electron chi connectivity index (χ3n) is 2.96. The minimum Gasteiger partial charge on any atom is -0.425 e. The number of hydrogen-bond donors (Lipinski definition) is 2. The van der Waals surface area contributed by atoms with Crippen molar-refractivity contribution in [1.29, 1.82) is 0 Å². The van der Waals surface area contributed by atoms with E-state index >= 15 is 0 Å². The van der Waals surface area contributed by atoms with E-state index in [-0.39, 0.29) is 17.2 Å². The average molecular weight is 268 g/mol. The minimum atomic E-state index is -0.603. The maximum atomic E-state index is 12.0. The lowest BCUT2D eigenvalue weighted by molar-refractivity contribution is 0.0698. The lowest BCUT2D eigenvalue weighted by Gasteiger charge is -2.06. The number of carbonyl (C=O) groups excluding carboxylic acids is 1. The van der Waals surface area contributed by atoms with Gasteiger partial charge in [0.25, 0.3) is 5.95 Å². The Morgan fingerprint density at radius 1 is 1.05 bits per heavy atom. The Labute approximate surface area is 114 Å². The first kappa shape index (κ1) is 12.1. The van der Waals surface area contributed by atoms with Gasteiger partial charge in [-0.25, -0.2) is 4.79 Å². The number of benzene rings is 2. The van der Waals surface area contributed by atoms with Crippen LogP contribution in [-0.4, -0.2) is 5.97 Å². The van der Waals surface area contributed by atoms with E-state index in [0.29, 0.717) is 11.3 Å². The summed E-state index contributed by atoms with van der Waals surface area (Å²) in [6, 6.07) is 13.8. The summed E-state index contributed by atoms with van der Waals surface area (Å²) >= 11 is 0. The van der Waals surface area contributed by atoms with Crippen molar-refractivity contribution in [2.45, 2.75) is 0 Å². The number of esters is 1. The van der Waals surface area contributed by atoms with E-state index in [9.17, 15) is 4.79 Å². The molecule has 0 fully saturated rings. The number of furan rings is 1. The summed E-state index contributed by atoms with van der Waals surface area (Å²) in [5, 5.41) is 0.857. The van der Waals surface area contributed by atoms with Crippen LogP contribution in [0.25, 0.3) is 11.0 Å². The number of para-hydroxylation sites is 2. The van der Waals surface area contributed by atoms with Gasteiger partial charge in [0.05, 0.1) is 16.9 Å². The Morgan fingerprint density at radius 3 is 2.65 bits per heavy atom. The molecule has 4 N–H and O–H groups in total. The van der Waals surface area contributed by atoms with E-state index in [2.05, 4.69) is 0 Å². The van der Waals surface area contributed by atoms with Crippen molar-refractivity contribution in [3.8, 4) is 5.95 Å². The Kier molecular flexibility index (Phi) is 2.80. The van der Waals surface area contributed by atoms with Gasteiger partial charge in [0.1, 0.15) is 5.58 Å². The fourth-order valence-electron chi connectivity index (χ4n) is 1.92. The van der Waals surface area contributed by atoms with Gasteiger partial charge >= 0.3 is 5.97 Å². The molecule has 0 saturated heterocycles. The molecule has 0 unspecified atom stereocenters. The highest BCUT2D eigenvalue weighted by molar-refractivity contribution is 5.99. The van der Waals surface area contributed by atoms with Crippen molar-refractivity contribution < 1.29 is 13.9 Å². The van der Waals surface area contributed by atoms with E-state index in [1.54, 1.807) is 30.3 Å². The normalized spacial score (nSPS) is 10.6. The van der Waals surface area contributed by atoms with Gasteiger partial charge in [-0.05, 0) is 18.2 Å². The second-order valence-electron chi connectivity index (χ2n) is 4.30. The van der Waals surface area contributed by atoms with Gasteiger partial charge in [-0.15, -0.1) is 0 Å². The van der Waals surface area contributed by atoms with Gasteiger partial charge < -0.3 is 20.6 Å². The van der Waals surface area contributed by atoms with Crippen LogP contribution in [-0.2, 0) is 0 Å². The highest BCUT2D eigenvalue weighted by Gasteiger charge is 2.16. The van der Waals surface area contributed by atoms with E-state index < -0.39 is 5.97 Å². The molecule has 0 atom stereocenters. The SMILES string of the molecule is Nc1cccc(C(=O)Oc2cc3ccccc3o2)c1N. The third-order valence-corrected chi connectivity index (χ3v) is 2.96. The molecule has 2 aromatic carbocycles. The molecule has 0 aliphatic carbocycles. The summed E-state index contributed by atoms with van der Waals surface area (Å²) in [7, 11) is 0. The number of nitrogens with two attached hydrogens (primary N) is 2. The Balaban J connectivity index is 1.90. The fourth-order valence-corrected chi connectivity index (χ4v) is 1.92. The molecule has 0 aliphatic heterocycles. The van der Waals surface area contributed by atoms with Crippen LogP contribution in [0.4, 0.5) is 11.4 Å². The number of nitrogen functional groups attached to an aromatic ring is 2. The van der Waals surface area contributed by atoms with Crippen molar-refractivity contribution in [1.82, 2.24) is 0 Å². The van der Waals surface area contributed by atoms with E-state index in [0.717, 1.165) is 5.39 Å². The van der Waals surface area contributed by atoms with Gasteiger partial charge in [-0.2, -0.15) is 0 Å². The van der Waals surface area contributed by atoms with Crippen molar-refractivity contribution in [3.05, 3.63) is 54.1 Å². The van der Waals surface area contributed by atoms with Crippen LogP contribution < -0.4 is 16.2 Å². The summed E-state index contributed by atoms with van der Waals surface area (Å²) in [4.78, 5) is 12.0. The molecule has 3 rings (SSSR count). The van der Waals surface area contributed by atoms with Crippen LogP contribution in [0, 0.1) is 0 Å². The first-order valence-corrected chi connectivity index (χ1v) is 6.00. The summed E-state index contributed by atoms with van der Waals surface area (Å²) in [6.07, 6.45) is 0. The van der Waals surface area contributed by atoms with Gasteiger partial charge in [0, 0.05) is 11.5 Å². The molecular formula is C15H12N2O3. The van der Waals surface area contributed by atoms with Crippen LogP contribution in [0.15, 0.2) is 52.9 Å². The molecule has 100 valence electrons. The molecule has 0 bridgehead atoms. The highest BCUT2D eigenvalue weighted by atomic mass is 16.6. The summed E-state index contributed by atoms with van der Waals surface area (Å²) in [6.45, 7) is 0. The van der Waals surface area contributed by atoms with Crippen molar-refractivity contribution in [2.75, 3.05) is 11.5 Å².